The van der Waals surface area contributed by atoms with Crippen molar-refractivity contribution in [2.45, 2.75) is 111 Å². The quantitative estimate of drug-likeness (QED) is 0.265. The third-order valence-corrected chi connectivity index (χ3v) is 7.46. The summed E-state index contributed by atoms with van der Waals surface area (Å²) in [5, 5.41) is 0. The Kier molecular flexibility index (Phi) is 9.86. The fraction of sp³-hybridized carbons (Fsp3) is 0.778. The zero-order chi connectivity index (χ0) is 21.3. The van der Waals surface area contributed by atoms with E-state index in [0.717, 1.165) is 32.1 Å². The van der Waals surface area contributed by atoms with Crippen LogP contribution in [0.25, 0.3) is 0 Å². The van der Waals surface area contributed by atoms with Gasteiger partial charge in [-0.2, -0.15) is 0 Å². The maximum atomic E-state index is 12.6. The van der Waals surface area contributed by atoms with E-state index in [9.17, 15) is 9.59 Å². The van der Waals surface area contributed by atoms with Crippen molar-refractivity contribution < 1.29 is 9.59 Å². The van der Waals surface area contributed by atoms with Crippen molar-refractivity contribution >= 4 is 11.6 Å². The van der Waals surface area contributed by atoms with Gasteiger partial charge in [-0.3, -0.25) is 9.59 Å². The molecule has 0 radical (unpaired) electrons. The van der Waals surface area contributed by atoms with Gasteiger partial charge in [-0.05, 0) is 61.7 Å². The Balaban J connectivity index is 1.63. The normalized spacial score (nSPS) is 23.5. The van der Waals surface area contributed by atoms with Gasteiger partial charge in [0, 0.05) is 25.7 Å². The molecule has 0 aromatic rings. The number of hydrogen-bond donors (Lipinski definition) is 0. The number of ketones is 2. The van der Waals surface area contributed by atoms with E-state index in [1.165, 1.54) is 32.1 Å². The Morgan fingerprint density at radius 1 is 1.07 bits per heavy atom. The van der Waals surface area contributed by atoms with Crippen LogP contribution in [0.3, 0.4) is 0 Å². The van der Waals surface area contributed by atoms with Gasteiger partial charge in [0.05, 0.1) is 0 Å². The van der Waals surface area contributed by atoms with E-state index in [4.69, 9.17) is 0 Å². The first-order chi connectivity index (χ1) is 13.9. The summed E-state index contributed by atoms with van der Waals surface area (Å²) in [6.45, 7) is 8.99. The molecule has 2 aliphatic carbocycles. The van der Waals surface area contributed by atoms with Crippen LogP contribution < -0.4 is 0 Å². The molecule has 2 aliphatic rings. The van der Waals surface area contributed by atoms with Crippen LogP contribution in [0.4, 0.5) is 0 Å². The van der Waals surface area contributed by atoms with Gasteiger partial charge in [0.25, 0.3) is 0 Å². The highest BCUT2D eigenvalue weighted by Crippen LogP contribution is 2.61. The Morgan fingerprint density at radius 2 is 1.83 bits per heavy atom. The molecule has 0 bridgehead atoms. The fourth-order valence-corrected chi connectivity index (χ4v) is 5.54. The fourth-order valence-electron chi connectivity index (χ4n) is 5.54. The average molecular weight is 401 g/mol. The Bertz CT molecular complexity index is 596. The number of carbonyl (C=O) groups is 2. The summed E-state index contributed by atoms with van der Waals surface area (Å²) >= 11 is 0. The third kappa shape index (κ3) is 7.87. The lowest BCUT2D eigenvalue weighted by Gasteiger charge is -2.15. The second kappa shape index (κ2) is 11.9. The molecule has 3 unspecified atom stereocenters. The highest BCUT2D eigenvalue weighted by Gasteiger charge is 2.56. The molecule has 2 rings (SSSR count). The van der Waals surface area contributed by atoms with Crippen LogP contribution in [0.5, 0.6) is 0 Å². The standard InChI is InChI=1S/C27H44O2/c1-5-13-22(19-24(29)20-26-25(6-2)27(26,3)4)18-23(28)17-12-8-11-16-21-14-9-7-10-15-21/h7,9,14,22,25-26H,5-6,8,10-13,15-20H2,1-4H3. The van der Waals surface area contributed by atoms with E-state index in [2.05, 4.69) is 45.9 Å². The van der Waals surface area contributed by atoms with Crippen LogP contribution in [-0.2, 0) is 9.59 Å². The summed E-state index contributed by atoms with van der Waals surface area (Å²) in [6.07, 6.45) is 19.4. The first kappa shape index (κ1) is 24.1. The summed E-state index contributed by atoms with van der Waals surface area (Å²) in [4.78, 5) is 25.1. The molecule has 0 heterocycles. The molecule has 164 valence electrons. The number of carbonyl (C=O) groups excluding carboxylic acids is 2. The first-order valence-electron chi connectivity index (χ1n) is 12.3. The molecule has 3 atom stereocenters. The van der Waals surface area contributed by atoms with Crippen LogP contribution in [0.1, 0.15) is 111 Å². The van der Waals surface area contributed by atoms with E-state index in [1.54, 1.807) is 5.57 Å². The van der Waals surface area contributed by atoms with Crippen molar-refractivity contribution in [3.8, 4) is 0 Å². The summed E-state index contributed by atoms with van der Waals surface area (Å²) in [5.74, 6) is 2.29. The molecule has 1 fully saturated rings. The number of allylic oxidation sites excluding steroid dienone is 4. The third-order valence-electron chi connectivity index (χ3n) is 7.46. The van der Waals surface area contributed by atoms with Crippen molar-refractivity contribution in [2.75, 3.05) is 0 Å². The van der Waals surface area contributed by atoms with Gasteiger partial charge >= 0.3 is 0 Å². The van der Waals surface area contributed by atoms with Gasteiger partial charge in [-0.1, -0.05) is 70.8 Å². The van der Waals surface area contributed by atoms with Crippen LogP contribution in [0.15, 0.2) is 23.8 Å². The van der Waals surface area contributed by atoms with E-state index in [-0.39, 0.29) is 5.92 Å². The number of Topliss-reactive ketones (excluding diaryl/α,β-unsaturated/α-hetero) is 2. The molecule has 0 aromatic heterocycles. The number of rotatable bonds is 15. The number of hydrogen-bond acceptors (Lipinski definition) is 2. The molecule has 2 heteroatoms. The maximum Gasteiger partial charge on any atom is 0.133 e. The molecule has 0 amide bonds. The van der Waals surface area contributed by atoms with E-state index in [0.29, 0.717) is 48.1 Å². The monoisotopic (exact) mass is 400 g/mol. The highest BCUT2D eigenvalue weighted by atomic mass is 16.1. The second-order valence-electron chi connectivity index (χ2n) is 10.1. The zero-order valence-electron chi connectivity index (χ0n) is 19.5. The number of unbranched alkanes of at least 4 members (excludes halogenated alkanes) is 2. The minimum atomic E-state index is 0.265. The molecular weight excluding hydrogens is 356 g/mol. The van der Waals surface area contributed by atoms with Crippen molar-refractivity contribution in [1.82, 2.24) is 0 Å². The van der Waals surface area contributed by atoms with E-state index < -0.39 is 0 Å². The largest absolute Gasteiger partial charge is 0.300 e. The van der Waals surface area contributed by atoms with Gasteiger partial charge in [-0.25, -0.2) is 0 Å². The van der Waals surface area contributed by atoms with Gasteiger partial charge in [0.2, 0.25) is 0 Å². The molecule has 2 nitrogen and oxygen atoms in total. The summed E-state index contributed by atoms with van der Waals surface area (Å²) < 4.78 is 0. The molecule has 0 saturated heterocycles. The van der Waals surface area contributed by atoms with Crippen molar-refractivity contribution in [1.29, 1.82) is 0 Å². The first-order valence-corrected chi connectivity index (χ1v) is 12.3. The lowest BCUT2D eigenvalue weighted by atomic mass is 9.89. The lowest BCUT2D eigenvalue weighted by molar-refractivity contribution is -0.122. The van der Waals surface area contributed by atoms with Gasteiger partial charge < -0.3 is 0 Å². The van der Waals surface area contributed by atoms with Gasteiger partial charge in [0.1, 0.15) is 11.6 Å². The van der Waals surface area contributed by atoms with Crippen LogP contribution in [0.2, 0.25) is 0 Å². The summed E-state index contributed by atoms with van der Waals surface area (Å²) in [5.41, 5.74) is 1.90. The van der Waals surface area contributed by atoms with Crippen molar-refractivity contribution in [3.05, 3.63) is 23.8 Å². The maximum absolute atomic E-state index is 12.6. The SMILES string of the molecule is CCCC(CC(=O)CCCCCC1=CC=CCC1)CC(=O)CC1C(CC)C1(C)C. The lowest BCUT2D eigenvalue weighted by Crippen LogP contribution is -2.14. The molecular formula is C27H44O2. The second-order valence-corrected chi connectivity index (χ2v) is 10.1. The van der Waals surface area contributed by atoms with Crippen LogP contribution in [0, 0.1) is 23.2 Å². The summed E-state index contributed by atoms with van der Waals surface area (Å²) in [6, 6.07) is 0. The average Bonchev–Trinajstić information content (AvgIpc) is 3.20. The molecule has 0 aliphatic heterocycles. The van der Waals surface area contributed by atoms with Crippen LogP contribution in [-0.4, -0.2) is 11.6 Å². The van der Waals surface area contributed by atoms with Crippen molar-refractivity contribution in [2.24, 2.45) is 23.2 Å². The predicted octanol–water partition coefficient (Wildman–Crippen LogP) is 7.62. The van der Waals surface area contributed by atoms with Gasteiger partial charge in [0.15, 0.2) is 0 Å². The topological polar surface area (TPSA) is 34.1 Å². The minimum absolute atomic E-state index is 0.265. The van der Waals surface area contributed by atoms with E-state index in [1.807, 2.05) is 0 Å². The van der Waals surface area contributed by atoms with Crippen molar-refractivity contribution in [3.63, 3.8) is 0 Å². The Hall–Kier alpha value is -1.18. The molecule has 0 spiro atoms. The van der Waals surface area contributed by atoms with E-state index >= 15 is 0 Å². The minimum Gasteiger partial charge on any atom is -0.300 e. The molecule has 0 N–H and O–H groups in total. The summed E-state index contributed by atoms with van der Waals surface area (Å²) in [7, 11) is 0. The molecule has 29 heavy (non-hydrogen) atoms. The zero-order valence-corrected chi connectivity index (χ0v) is 19.5. The molecule has 1 saturated carbocycles. The van der Waals surface area contributed by atoms with Crippen LogP contribution >= 0.6 is 0 Å². The Labute approximate surface area is 179 Å². The molecule has 0 aromatic carbocycles. The highest BCUT2D eigenvalue weighted by molar-refractivity contribution is 5.82. The predicted molar refractivity (Wildman–Crippen MR) is 123 cm³/mol. The Morgan fingerprint density at radius 3 is 2.45 bits per heavy atom. The van der Waals surface area contributed by atoms with Gasteiger partial charge in [-0.15, -0.1) is 0 Å². The smallest absolute Gasteiger partial charge is 0.133 e.